The van der Waals surface area contributed by atoms with E-state index in [1.165, 1.54) is 12.0 Å². The van der Waals surface area contributed by atoms with Crippen molar-refractivity contribution in [2.75, 3.05) is 0 Å². The van der Waals surface area contributed by atoms with Crippen molar-refractivity contribution in [3.63, 3.8) is 0 Å². The molecule has 3 aromatic rings. The maximum atomic E-state index is 9.54. The van der Waals surface area contributed by atoms with Crippen LogP contribution in [0, 0.1) is 18.3 Å². The van der Waals surface area contributed by atoms with Crippen molar-refractivity contribution >= 4 is 22.3 Å². The molecule has 2 heterocycles. The number of aromatic nitrogens is 4. The highest BCUT2D eigenvalue weighted by Gasteiger charge is 2.17. The molecule has 0 unspecified atom stereocenters. The fraction of sp³-hybridized carbons (Fsp3) is 0.263. The van der Waals surface area contributed by atoms with Gasteiger partial charge in [0.15, 0.2) is 0 Å². The molecule has 1 aromatic carbocycles. The Hall–Kier alpha value is -3.20. The summed E-state index contributed by atoms with van der Waals surface area (Å²) >= 11 is 0. The highest BCUT2D eigenvalue weighted by molar-refractivity contribution is 6.14. The van der Waals surface area contributed by atoms with Crippen molar-refractivity contribution in [2.24, 2.45) is 4.99 Å². The summed E-state index contributed by atoms with van der Waals surface area (Å²) < 4.78 is 0. The van der Waals surface area contributed by atoms with E-state index in [9.17, 15) is 5.26 Å². The van der Waals surface area contributed by atoms with E-state index in [4.69, 9.17) is 4.99 Å². The molecule has 6 nitrogen and oxygen atoms in total. The van der Waals surface area contributed by atoms with Gasteiger partial charge < -0.3 is 0 Å². The minimum atomic E-state index is 0.534. The maximum absolute atomic E-state index is 9.54. The van der Waals surface area contributed by atoms with Gasteiger partial charge >= 0.3 is 0 Å². The molecule has 0 saturated carbocycles. The first-order valence-corrected chi connectivity index (χ1v) is 8.42. The lowest BCUT2D eigenvalue weighted by atomic mass is 9.92. The quantitative estimate of drug-likeness (QED) is 0.708. The second-order valence-corrected chi connectivity index (χ2v) is 6.28. The Kier molecular flexibility index (Phi) is 3.90. The first-order valence-electron chi connectivity index (χ1n) is 8.42. The van der Waals surface area contributed by atoms with Crippen LogP contribution >= 0.6 is 0 Å². The third-order valence-corrected chi connectivity index (χ3v) is 4.59. The van der Waals surface area contributed by atoms with Gasteiger partial charge in [-0.15, -0.1) is 0 Å². The molecule has 1 aliphatic carbocycles. The number of aryl methyl sites for hydroxylation is 1. The van der Waals surface area contributed by atoms with Gasteiger partial charge in [-0.25, -0.2) is 4.99 Å². The summed E-state index contributed by atoms with van der Waals surface area (Å²) in [5.41, 5.74) is 6.15. The highest BCUT2D eigenvalue weighted by Crippen LogP contribution is 2.29. The monoisotopic (exact) mass is 330 g/mol. The van der Waals surface area contributed by atoms with Crippen molar-refractivity contribution < 1.29 is 0 Å². The molecule has 2 aromatic heterocycles. The van der Waals surface area contributed by atoms with E-state index in [2.05, 4.69) is 32.5 Å². The van der Waals surface area contributed by atoms with Gasteiger partial charge in [0.25, 0.3) is 0 Å². The Morgan fingerprint density at radius 1 is 1.20 bits per heavy atom. The average Bonchev–Trinajstić information content (AvgIpc) is 3.27. The van der Waals surface area contributed by atoms with Crippen LogP contribution in [0.5, 0.6) is 0 Å². The van der Waals surface area contributed by atoms with Gasteiger partial charge in [0.2, 0.25) is 0 Å². The average molecular weight is 330 g/mol. The van der Waals surface area contributed by atoms with Gasteiger partial charge in [-0.1, -0.05) is 6.08 Å². The zero-order valence-corrected chi connectivity index (χ0v) is 14.0. The number of hydrogen-bond acceptors (Lipinski definition) is 4. The summed E-state index contributed by atoms with van der Waals surface area (Å²) in [6, 6.07) is 5.96. The number of nitrogens with one attached hydrogen (secondary N) is 2. The number of aromatic amines is 2. The molecule has 0 saturated heterocycles. The minimum Gasteiger partial charge on any atom is -0.282 e. The Balaban J connectivity index is 1.91. The molecule has 0 amide bonds. The zero-order valence-electron chi connectivity index (χ0n) is 14.0. The standard InChI is InChI=1S/C19H18N6/c1-12-16(11-22-24-12)19(13-5-3-2-4-6-13)23-17-8-15-10-21-25-18(15)7-14(17)9-20/h5,7-8,10-11H,2-4,6H2,1H3,(H,21,25)(H,22,24). The van der Waals surface area contributed by atoms with Crippen LogP contribution in [-0.2, 0) is 0 Å². The number of nitrogens with zero attached hydrogens (tertiary/aromatic N) is 4. The number of fused-ring (bicyclic) bond motifs is 1. The van der Waals surface area contributed by atoms with E-state index in [-0.39, 0.29) is 0 Å². The molecule has 0 spiro atoms. The van der Waals surface area contributed by atoms with Gasteiger partial charge in [0.1, 0.15) is 6.07 Å². The first-order chi connectivity index (χ1) is 12.3. The molecule has 0 radical (unpaired) electrons. The predicted octanol–water partition coefficient (Wildman–Crippen LogP) is 4.09. The third kappa shape index (κ3) is 2.85. The molecule has 0 fully saturated rings. The van der Waals surface area contributed by atoms with Crippen LogP contribution in [0.15, 0.2) is 41.2 Å². The van der Waals surface area contributed by atoms with Gasteiger partial charge in [0, 0.05) is 16.6 Å². The van der Waals surface area contributed by atoms with Crippen molar-refractivity contribution in [2.45, 2.75) is 32.6 Å². The summed E-state index contributed by atoms with van der Waals surface area (Å²) in [6.45, 7) is 1.99. The molecule has 124 valence electrons. The Morgan fingerprint density at radius 3 is 2.80 bits per heavy atom. The molecule has 25 heavy (non-hydrogen) atoms. The van der Waals surface area contributed by atoms with Crippen LogP contribution < -0.4 is 0 Å². The maximum Gasteiger partial charge on any atom is 0.101 e. The van der Waals surface area contributed by atoms with Crippen LogP contribution in [0.3, 0.4) is 0 Å². The van der Waals surface area contributed by atoms with E-state index >= 15 is 0 Å². The normalized spacial score (nSPS) is 15.2. The summed E-state index contributed by atoms with van der Waals surface area (Å²) in [5, 5.41) is 24.6. The number of aliphatic imine (C=N–C) groups is 1. The second kappa shape index (κ2) is 6.36. The van der Waals surface area contributed by atoms with E-state index in [1.54, 1.807) is 12.3 Å². The van der Waals surface area contributed by atoms with Crippen LogP contribution in [-0.4, -0.2) is 26.1 Å². The lowest BCUT2D eigenvalue weighted by Crippen LogP contribution is -2.08. The summed E-state index contributed by atoms with van der Waals surface area (Å²) in [5.74, 6) is 0. The van der Waals surface area contributed by atoms with E-state index in [1.807, 2.05) is 19.2 Å². The molecule has 4 rings (SSSR count). The van der Waals surface area contributed by atoms with Gasteiger partial charge in [-0.05, 0) is 50.3 Å². The fourth-order valence-electron chi connectivity index (χ4n) is 3.23. The molecule has 6 heteroatoms. The van der Waals surface area contributed by atoms with Crippen molar-refractivity contribution in [3.05, 3.63) is 53.0 Å². The lowest BCUT2D eigenvalue weighted by Gasteiger charge is -2.15. The molecule has 0 atom stereocenters. The Morgan fingerprint density at radius 2 is 2.08 bits per heavy atom. The van der Waals surface area contributed by atoms with Crippen molar-refractivity contribution in [1.29, 1.82) is 5.26 Å². The fourth-order valence-corrected chi connectivity index (χ4v) is 3.23. The van der Waals surface area contributed by atoms with Crippen molar-refractivity contribution in [3.8, 4) is 6.07 Å². The summed E-state index contributed by atoms with van der Waals surface area (Å²) in [4.78, 5) is 4.91. The largest absolute Gasteiger partial charge is 0.282 e. The second-order valence-electron chi connectivity index (χ2n) is 6.28. The highest BCUT2D eigenvalue weighted by atomic mass is 15.1. The summed E-state index contributed by atoms with van der Waals surface area (Å²) in [6.07, 6.45) is 10.3. The van der Waals surface area contributed by atoms with Crippen LogP contribution in [0.25, 0.3) is 10.9 Å². The first kappa shape index (κ1) is 15.3. The number of benzene rings is 1. The van der Waals surface area contributed by atoms with Crippen molar-refractivity contribution in [1.82, 2.24) is 20.4 Å². The van der Waals surface area contributed by atoms with Crippen LogP contribution in [0.1, 0.15) is 42.5 Å². The number of rotatable bonds is 3. The number of allylic oxidation sites excluding steroid dienone is 2. The van der Waals surface area contributed by atoms with Crippen LogP contribution in [0.2, 0.25) is 0 Å². The Bertz CT molecular complexity index is 1030. The van der Waals surface area contributed by atoms with E-state index < -0.39 is 0 Å². The predicted molar refractivity (Wildman–Crippen MR) is 96.9 cm³/mol. The smallest absolute Gasteiger partial charge is 0.101 e. The molecule has 2 N–H and O–H groups in total. The van der Waals surface area contributed by atoms with E-state index in [0.717, 1.165) is 47.1 Å². The molecule has 0 aliphatic heterocycles. The number of nitriles is 1. The zero-order chi connectivity index (χ0) is 17.2. The molecular formula is C19H18N6. The van der Waals surface area contributed by atoms with E-state index in [0.29, 0.717) is 11.3 Å². The van der Waals surface area contributed by atoms with Gasteiger partial charge in [0.05, 0.1) is 34.9 Å². The van der Waals surface area contributed by atoms with Crippen LogP contribution in [0.4, 0.5) is 5.69 Å². The molecule has 0 bridgehead atoms. The number of H-pyrrole nitrogens is 2. The lowest BCUT2D eigenvalue weighted by molar-refractivity contribution is 0.717. The topological polar surface area (TPSA) is 93.5 Å². The summed E-state index contributed by atoms with van der Waals surface area (Å²) in [7, 11) is 0. The number of hydrogen-bond donors (Lipinski definition) is 2. The van der Waals surface area contributed by atoms with Gasteiger partial charge in [-0.3, -0.25) is 10.2 Å². The van der Waals surface area contributed by atoms with Gasteiger partial charge in [-0.2, -0.15) is 15.5 Å². The molecule has 1 aliphatic rings. The minimum absolute atomic E-state index is 0.534. The third-order valence-electron chi connectivity index (χ3n) is 4.59. The molecular weight excluding hydrogens is 312 g/mol. The SMILES string of the molecule is Cc1[nH]ncc1C(=Nc1cc2cn[nH]c2cc1C#N)C1=CCCCC1. The Labute approximate surface area is 145 Å².